The van der Waals surface area contributed by atoms with Crippen LogP contribution in [0.15, 0.2) is 145 Å². The summed E-state index contributed by atoms with van der Waals surface area (Å²) in [6, 6.07) is 27.6. The summed E-state index contributed by atoms with van der Waals surface area (Å²) in [5.41, 5.74) is 6.19. The Morgan fingerprint density at radius 1 is 0.329 bits per heavy atom. The van der Waals surface area contributed by atoms with Crippen LogP contribution in [0.2, 0.25) is 0 Å². The van der Waals surface area contributed by atoms with Crippen LogP contribution in [0.1, 0.15) is 204 Å². The van der Waals surface area contributed by atoms with Gasteiger partial charge in [-0.15, -0.1) is 10.2 Å². The van der Waals surface area contributed by atoms with E-state index in [1.807, 2.05) is 97.3 Å². The van der Waals surface area contributed by atoms with E-state index in [0.717, 1.165) is 56.4 Å². The molecule has 6 aromatic heterocycles. The van der Waals surface area contributed by atoms with Crippen LogP contribution in [0, 0.1) is 0 Å². The molecule has 3 aromatic carbocycles. The van der Waals surface area contributed by atoms with Crippen molar-refractivity contribution in [2.75, 3.05) is 0 Å². The standard InChI is InChI=1S/C12H14N2O.2C12H14N2.2C8H12N2.C7H11N3.6CH4/c1-12(2,3)11-14-13-10(15-11)9-7-5-4-6-8-9;1-12(2,3)11-8-13-9-6-4-5-7-10(9)14-11;1-12(2,3)11-13-8-9-6-4-5-7-10(9)14-11;1-8(2,3)7-6-9-4-5-10-7;1-8(2,3)7-9-5-4-6-10-7;1-7(2,3)6-9-4-8-5-10-6;;;;;;/h4-8H,1-3H3;2*4-8H,1-3H3;2*4-6H,1-3H3;4-5H,1-3H3;6*1H4. The van der Waals surface area contributed by atoms with Crippen LogP contribution < -0.4 is 0 Å². The third-order valence-corrected chi connectivity index (χ3v) is 10.2. The zero-order valence-electron chi connectivity index (χ0n) is 46.5. The molecule has 0 amide bonds. The fourth-order valence-corrected chi connectivity index (χ4v) is 5.88. The van der Waals surface area contributed by atoms with Crippen LogP contribution in [-0.2, 0) is 32.5 Å². The van der Waals surface area contributed by atoms with Gasteiger partial charge in [0.2, 0.25) is 11.8 Å². The van der Waals surface area contributed by atoms with Gasteiger partial charge in [0.05, 0.1) is 27.9 Å². The predicted octanol–water partition coefficient (Wildman–Crippen LogP) is 17.4. The Balaban J connectivity index is -0.000000871. The number of fused-ring (bicyclic) bond motifs is 2. The van der Waals surface area contributed by atoms with Crippen molar-refractivity contribution < 1.29 is 4.42 Å². The average Bonchev–Trinajstić information content (AvgIpc) is 3.87. The second-order valence-corrected chi connectivity index (χ2v) is 23.4. The maximum Gasteiger partial charge on any atom is 0.247 e. The van der Waals surface area contributed by atoms with Crippen molar-refractivity contribution in [3.63, 3.8) is 0 Å². The molecule has 0 saturated heterocycles. The molecule has 79 heavy (non-hydrogen) atoms. The Kier molecular flexibility index (Phi) is 31.9. The van der Waals surface area contributed by atoms with Gasteiger partial charge >= 0.3 is 0 Å². The Labute approximate surface area is 478 Å². The molecule has 0 radical (unpaired) electrons. The van der Waals surface area contributed by atoms with Gasteiger partial charge in [-0.1, -0.05) is 218 Å². The van der Waals surface area contributed by atoms with Gasteiger partial charge in [0.1, 0.15) is 30.1 Å². The number of nitrogens with zero attached hydrogens (tertiary/aromatic N) is 13. The molecule has 0 spiro atoms. The Morgan fingerprint density at radius 3 is 1.27 bits per heavy atom. The van der Waals surface area contributed by atoms with Crippen molar-refractivity contribution >= 4 is 21.9 Å². The molecule has 0 fully saturated rings. The third kappa shape index (κ3) is 25.8. The predicted molar refractivity (Wildman–Crippen MR) is 335 cm³/mol. The summed E-state index contributed by atoms with van der Waals surface area (Å²) in [6.45, 7) is 37.8. The topological polar surface area (TPSA) is 181 Å². The zero-order valence-corrected chi connectivity index (χ0v) is 46.5. The molecular formula is C65H101N13O. The lowest BCUT2D eigenvalue weighted by molar-refractivity contribution is 0.399. The van der Waals surface area contributed by atoms with E-state index >= 15 is 0 Å². The van der Waals surface area contributed by atoms with Crippen molar-refractivity contribution in [1.29, 1.82) is 0 Å². The first-order valence-corrected chi connectivity index (χ1v) is 24.5. The summed E-state index contributed by atoms with van der Waals surface area (Å²) in [7, 11) is 0. The maximum atomic E-state index is 5.61. The van der Waals surface area contributed by atoms with Crippen molar-refractivity contribution in [3.05, 3.63) is 176 Å². The van der Waals surface area contributed by atoms with E-state index in [9.17, 15) is 0 Å². The molecule has 0 aliphatic rings. The molecule has 14 heteroatoms. The van der Waals surface area contributed by atoms with Crippen molar-refractivity contribution in [2.45, 2.75) is 202 Å². The van der Waals surface area contributed by atoms with Crippen LogP contribution in [0.4, 0.5) is 0 Å². The van der Waals surface area contributed by atoms with E-state index < -0.39 is 0 Å². The minimum atomic E-state index is -0.0972. The first-order chi connectivity index (χ1) is 34.0. The Bertz CT molecular complexity index is 2790. The smallest absolute Gasteiger partial charge is 0.247 e. The molecule has 0 unspecified atom stereocenters. The van der Waals surface area contributed by atoms with Gasteiger partial charge < -0.3 is 4.42 Å². The molecule has 0 atom stereocenters. The van der Waals surface area contributed by atoms with Crippen molar-refractivity contribution in [2.24, 2.45) is 0 Å². The second kappa shape index (κ2) is 33.2. The molecule has 0 N–H and O–H groups in total. The summed E-state index contributed by atoms with van der Waals surface area (Å²) < 4.78 is 5.61. The quantitative estimate of drug-likeness (QED) is 0.151. The van der Waals surface area contributed by atoms with Crippen molar-refractivity contribution in [3.8, 4) is 11.5 Å². The highest BCUT2D eigenvalue weighted by Gasteiger charge is 2.22. The van der Waals surface area contributed by atoms with Crippen LogP contribution in [0.5, 0.6) is 0 Å². The van der Waals surface area contributed by atoms with E-state index in [-0.39, 0.29) is 77.0 Å². The fraction of sp³-hybridized carbons (Fsp3) is 0.462. The summed E-state index contributed by atoms with van der Waals surface area (Å²) in [4.78, 5) is 46.1. The lowest BCUT2D eigenvalue weighted by Gasteiger charge is -2.17. The molecule has 0 bridgehead atoms. The van der Waals surface area contributed by atoms with Gasteiger partial charge in [-0.05, 0) is 36.4 Å². The van der Waals surface area contributed by atoms with Crippen LogP contribution in [0.3, 0.4) is 0 Å². The highest BCUT2D eigenvalue weighted by molar-refractivity contribution is 5.77. The number of rotatable bonds is 1. The fourth-order valence-electron chi connectivity index (χ4n) is 5.88. The summed E-state index contributed by atoms with van der Waals surface area (Å²) in [6.07, 6.45) is 15.6. The van der Waals surface area contributed by atoms with E-state index in [1.165, 1.54) is 12.7 Å². The van der Waals surface area contributed by atoms with Crippen LogP contribution >= 0.6 is 0 Å². The molecule has 432 valence electrons. The monoisotopic (exact) mass is 1080 g/mol. The SMILES string of the molecule is C.C.C.C.C.C.CC(C)(C)c1cnc2ccccc2n1.CC(C)(C)c1cnccn1.CC(C)(C)c1ncc2ccccc2n1.CC(C)(C)c1ncccn1.CC(C)(C)c1ncncn1.CC(C)(C)c1nnc(-c2ccccc2)o1. The molecule has 14 nitrogen and oxygen atoms in total. The molecule has 0 aliphatic heterocycles. The number of para-hydroxylation sites is 3. The normalized spacial score (nSPS) is 10.8. The molecule has 6 heterocycles. The molecular weight excluding hydrogens is 979 g/mol. The van der Waals surface area contributed by atoms with Gasteiger partial charge in [-0.2, -0.15) is 0 Å². The summed E-state index contributed by atoms with van der Waals surface area (Å²) in [5, 5.41) is 9.18. The largest absolute Gasteiger partial charge is 0.420 e. The van der Waals surface area contributed by atoms with Crippen molar-refractivity contribution in [1.82, 2.24) is 65.0 Å². The third-order valence-electron chi connectivity index (χ3n) is 10.2. The van der Waals surface area contributed by atoms with Gasteiger partial charge in [0, 0.05) is 86.8 Å². The van der Waals surface area contributed by atoms with E-state index in [4.69, 9.17) is 4.42 Å². The van der Waals surface area contributed by atoms with E-state index in [0.29, 0.717) is 11.8 Å². The maximum absolute atomic E-state index is 5.61. The highest BCUT2D eigenvalue weighted by Crippen LogP contribution is 2.26. The van der Waals surface area contributed by atoms with Crippen LogP contribution in [0.25, 0.3) is 33.4 Å². The Morgan fingerprint density at radius 2 is 0.823 bits per heavy atom. The molecule has 0 saturated carbocycles. The Hall–Kier alpha value is -7.35. The zero-order chi connectivity index (χ0) is 54.1. The minimum absolute atomic E-state index is 0. The average molecular weight is 1080 g/mol. The van der Waals surface area contributed by atoms with Gasteiger partial charge in [-0.25, -0.2) is 39.9 Å². The molecule has 0 aliphatic carbocycles. The van der Waals surface area contributed by atoms with E-state index in [2.05, 4.69) is 190 Å². The van der Waals surface area contributed by atoms with Gasteiger partial charge in [0.25, 0.3) is 0 Å². The number of hydrogen-bond donors (Lipinski definition) is 0. The molecule has 9 aromatic rings. The summed E-state index contributed by atoms with van der Waals surface area (Å²) >= 11 is 0. The first-order valence-electron chi connectivity index (χ1n) is 24.5. The lowest BCUT2D eigenvalue weighted by Crippen LogP contribution is -2.15. The van der Waals surface area contributed by atoms with E-state index in [1.54, 1.807) is 31.0 Å². The summed E-state index contributed by atoms with van der Waals surface area (Å²) in [5.74, 6) is 3.88. The van der Waals surface area contributed by atoms with Crippen LogP contribution in [-0.4, -0.2) is 65.0 Å². The number of aromatic nitrogens is 13. The van der Waals surface area contributed by atoms with Gasteiger partial charge in [-0.3, -0.25) is 15.0 Å². The number of hydrogen-bond acceptors (Lipinski definition) is 14. The second-order valence-electron chi connectivity index (χ2n) is 23.4. The highest BCUT2D eigenvalue weighted by atomic mass is 16.4. The minimum Gasteiger partial charge on any atom is -0.420 e. The molecule has 9 rings (SSSR count). The number of benzene rings is 3. The van der Waals surface area contributed by atoms with Gasteiger partial charge in [0.15, 0.2) is 0 Å². The first kappa shape index (κ1) is 75.9. The lowest BCUT2D eigenvalue weighted by atomic mass is 9.92.